The summed E-state index contributed by atoms with van der Waals surface area (Å²) in [5, 5.41) is 14.7. The minimum absolute atomic E-state index is 0.0250. The number of rotatable bonds is 7. The molecular weight excluding hydrogens is 470 g/mol. The van der Waals surface area contributed by atoms with Gasteiger partial charge in [0.25, 0.3) is 0 Å². The number of hydrogen-bond acceptors (Lipinski definition) is 4. The Hall–Kier alpha value is -3.58. The van der Waals surface area contributed by atoms with Gasteiger partial charge in [-0.2, -0.15) is 5.10 Å². The Morgan fingerprint density at radius 1 is 1.00 bits per heavy atom. The van der Waals surface area contributed by atoms with Crippen molar-refractivity contribution in [1.29, 1.82) is 0 Å². The lowest BCUT2D eigenvalue weighted by atomic mass is 10.0. The summed E-state index contributed by atoms with van der Waals surface area (Å²) in [6.07, 6.45) is 1.53. The van der Waals surface area contributed by atoms with Crippen molar-refractivity contribution < 1.29 is 14.7 Å². The van der Waals surface area contributed by atoms with Gasteiger partial charge in [-0.1, -0.05) is 58.4 Å². The summed E-state index contributed by atoms with van der Waals surface area (Å²) in [7, 11) is 0. The van der Waals surface area contributed by atoms with Gasteiger partial charge < -0.3 is 5.11 Å². The van der Waals surface area contributed by atoms with Crippen LogP contribution < -0.4 is 0 Å². The molecule has 0 bridgehead atoms. The molecule has 0 aliphatic rings. The van der Waals surface area contributed by atoms with Crippen LogP contribution in [0, 0.1) is 6.92 Å². The fraction of sp³-hybridized carbons (Fsp3) is 0.120. The Kier molecular flexibility index (Phi) is 6.28. The quantitative estimate of drug-likeness (QED) is 0.361. The van der Waals surface area contributed by atoms with Crippen LogP contribution in [0.3, 0.4) is 0 Å². The summed E-state index contributed by atoms with van der Waals surface area (Å²) >= 11 is 3.37. The van der Waals surface area contributed by atoms with Crippen molar-refractivity contribution in [3.8, 4) is 11.3 Å². The molecule has 2 aromatic heterocycles. The first kappa shape index (κ1) is 21.6. The van der Waals surface area contributed by atoms with E-state index in [1.807, 2.05) is 43.3 Å². The first-order valence-electron chi connectivity index (χ1n) is 10.0. The molecule has 0 radical (unpaired) electrons. The SMILES string of the molecule is Cc1ccc(-c2nn(Cc3ccccc3)c(CC(=O)c3ccc(Br)cc3)c2C(=O)O)cn1. The number of pyridine rings is 1. The van der Waals surface area contributed by atoms with Crippen LogP contribution in [0.15, 0.2) is 77.4 Å². The van der Waals surface area contributed by atoms with E-state index < -0.39 is 5.97 Å². The number of halogens is 1. The maximum atomic E-state index is 13.0. The van der Waals surface area contributed by atoms with Crippen LogP contribution in [-0.2, 0) is 13.0 Å². The van der Waals surface area contributed by atoms with E-state index in [9.17, 15) is 14.7 Å². The molecule has 1 N–H and O–H groups in total. The van der Waals surface area contributed by atoms with Crippen molar-refractivity contribution in [3.63, 3.8) is 0 Å². The van der Waals surface area contributed by atoms with Crippen LogP contribution in [0.5, 0.6) is 0 Å². The predicted molar refractivity (Wildman–Crippen MR) is 125 cm³/mol. The number of aromatic nitrogens is 3. The van der Waals surface area contributed by atoms with Crippen molar-refractivity contribution in [2.24, 2.45) is 0 Å². The normalized spacial score (nSPS) is 10.8. The molecule has 2 heterocycles. The summed E-state index contributed by atoms with van der Waals surface area (Å²) in [5.41, 5.74) is 3.58. The first-order valence-corrected chi connectivity index (χ1v) is 10.8. The van der Waals surface area contributed by atoms with Gasteiger partial charge >= 0.3 is 5.97 Å². The highest BCUT2D eigenvalue weighted by atomic mass is 79.9. The molecule has 0 aliphatic carbocycles. The van der Waals surface area contributed by atoms with Crippen LogP contribution >= 0.6 is 15.9 Å². The molecule has 0 atom stereocenters. The van der Waals surface area contributed by atoms with E-state index in [0.717, 1.165) is 15.7 Å². The maximum absolute atomic E-state index is 13.0. The number of aryl methyl sites for hydroxylation is 1. The van der Waals surface area contributed by atoms with Gasteiger partial charge in [0.05, 0.1) is 18.7 Å². The fourth-order valence-electron chi connectivity index (χ4n) is 3.49. The van der Waals surface area contributed by atoms with Crippen LogP contribution in [0.1, 0.15) is 37.7 Å². The van der Waals surface area contributed by atoms with E-state index in [4.69, 9.17) is 0 Å². The third kappa shape index (κ3) is 4.68. The molecule has 0 saturated heterocycles. The Balaban J connectivity index is 1.82. The second-order valence-electron chi connectivity index (χ2n) is 7.41. The van der Waals surface area contributed by atoms with Crippen molar-refractivity contribution in [3.05, 3.63) is 105 Å². The number of carboxylic acid groups (broad SMARTS) is 1. The molecule has 32 heavy (non-hydrogen) atoms. The van der Waals surface area contributed by atoms with E-state index in [-0.39, 0.29) is 17.8 Å². The lowest BCUT2D eigenvalue weighted by molar-refractivity contribution is 0.0696. The zero-order valence-corrected chi connectivity index (χ0v) is 18.9. The summed E-state index contributed by atoms with van der Waals surface area (Å²) in [6, 6.07) is 20.2. The lowest BCUT2D eigenvalue weighted by Gasteiger charge is -2.09. The van der Waals surface area contributed by atoms with Gasteiger partial charge in [-0.25, -0.2) is 4.79 Å². The molecule has 0 fully saturated rings. The predicted octanol–water partition coefficient (Wildman–Crippen LogP) is 5.19. The molecule has 160 valence electrons. The number of ketones is 1. The Bertz CT molecular complexity index is 1260. The zero-order chi connectivity index (χ0) is 22.7. The third-order valence-electron chi connectivity index (χ3n) is 5.13. The molecule has 0 spiro atoms. The van der Waals surface area contributed by atoms with Crippen LogP contribution in [-0.4, -0.2) is 31.6 Å². The molecule has 4 aromatic rings. The van der Waals surface area contributed by atoms with Crippen LogP contribution in [0.25, 0.3) is 11.3 Å². The number of carboxylic acids is 1. The van der Waals surface area contributed by atoms with Crippen molar-refractivity contribution in [1.82, 2.24) is 14.8 Å². The van der Waals surface area contributed by atoms with Gasteiger partial charge in [0.15, 0.2) is 5.78 Å². The Morgan fingerprint density at radius 2 is 1.72 bits per heavy atom. The number of hydrogen-bond donors (Lipinski definition) is 1. The van der Waals surface area contributed by atoms with Crippen LogP contribution in [0.2, 0.25) is 0 Å². The first-order chi connectivity index (χ1) is 15.4. The van der Waals surface area contributed by atoms with E-state index in [1.165, 1.54) is 0 Å². The number of benzene rings is 2. The summed E-state index contributed by atoms with van der Waals surface area (Å²) < 4.78 is 2.48. The number of aromatic carboxylic acids is 1. The van der Waals surface area contributed by atoms with E-state index in [0.29, 0.717) is 29.1 Å². The molecule has 0 unspecified atom stereocenters. The number of Topliss-reactive ketones (excluding diaryl/α,β-unsaturated/α-hetero) is 1. The largest absolute Gasteiger partial charge is 0.478 e. The average Bonchev–Trinajstić information content (AvgIpc) is 3.13. The van der Waals surface area contributed by atoms with Crippen molar-refractivity contribution >= 4 is 27.7 Å². The molecular formula is C25H20BrN3O3. The third-order valence-corrected chi connectivity index (χ3v) is 5.65. The number of carbonyl (C=O) groups is 2. The summed E-state index contributed by atoms with van der Waals surface area (Å²) in [4.78, 5) is 29.6. The monoisotopic (exact) mass is 489 g/mol. The van der Waals surface area contributed by atoms with E-state index in [1.54, 1.807) is 41.2 Å². The molecule has 0 amide bonds. The van der Waals surface area contributed by atoms with Gasteiger partial charge in [0, 0.05) is 27.5 Å². The summed E-state index contributed by atoms with van der Waals surface area (Å²) in [6.45, 7) is 2.21. The van der Waals surface area contributed by atoms with Gasteiger partial charge in [-0.3, -0.25) is 14.5 Å². The van der Waals surface area contributed by atoms with Gasteiger partial charge in [0.2, 0.25) is 0 Å². The Labute approximate surface area is 193 Å². The highest BCUT2D eigenvalue weighted by molar-refractivity contribution is 9.10. The van der Waals surface area contributed by atoms with Gasteiger partial charge in [-0.05, 0) is 36.8 Å². The number of carbonyl (C=O) groups excluding carboxylic acids is 1. The van der Waals surface area contributed by atoms with Crippen molar-refractivity contribution in [2.75, 3.05) is 0 Å². The standard InChI is InChI=1S/C25H20BrN3O3/c1-16-7-8-19(14-27-16)24-23(25(31)32)21(13-22(30)18-9-11-20(26)12-10-18)29(28-24)15-17-5-3-2-4-6-17/h2-12,14H,13,15H2,1H3,(H,31,32). The molecule has 2 aromatic carbocycles. The molecule has 6 nitrogen and oxygen atoms in total. The molecule has 7 heteroatoms. The average molecular weight is 490 g/mol. The topological polar surface area (TPSA) is 85.1 Å². The highest BCUT2D eigenvalue weighted by Crippen LogP contribution is 2.27. The van der Waals surface area contributed by atoms with Crippen LogP contribution in [0.4, 0.5) is 0 Å². The second-order valence-corrected chi connectivity index (χ2v) is 8.33. The van der Waals surface area contributed by atoms with E-state index >= 15 is 0 Å². The minimum atomic E-state index is -1.13. The molecule has 0 saturated carbocycles. The van der Waals surface area contributed by atoms with Crippen molar-refractivity contribution in [2.45, 2.75) is 19.9 Å². The van der Waals surface area contributed by atoms with Gasteiger partial charge in [0.1, 0.15) is 11.3 Å². The lowest BCUT2D eigenvalue weighted by Crippen LogP contribution is -2.14. The molecule has 0 aliphatic heterocycles. The number of nitrogens with zero attached hydrogens (tertiary/aromatic N) is 3. The van der Waals surface area contributed by atoms with Gasteiger partial charge in [-0.15, -0.1) is 0 Å². The molecule has 4 rings (SSSR count). The maximum Gasteiger partial charge on any atom is 0.339 e. The smallest absolute Gasteiger partial charge is 0.339 e. The Morgan fingerprint density at radius 3 is 2.34 bits per heavy atom. The second kappa shape index (κ2) is 9.28. The fourth-order valence-corrected chi connectivity index (χ4v) is 3.75. The zero-order valence-electron chi connectivity index (χ0n) is 17.3. The highest BCUT2D eigenvalue weighted by Gasteiger charge is 2.26. The van der Waals surface area contributed by atoms with E-state index in [2.05, 4.69) is 26.0 Å². The minimum Gasteiger partial charge on any atom is -0.478 e. The summed E-state index contributed by atoms with van der Waals surface area (Å²) in [5.74, 6) is -1.30.